The largest absolute Gasteiger partial charge is 0.313 e. The molecule has 0 aliphatic rings. The first-order valence-electron chi connectivity index (χ1n) is 5.21. The zero-order valence-corrected chi connectivity index (χ0v) is 11.7. The van der Waals surface area contributed by atoms with Gasteiger partial charge in [0.05, 0.1) is 9.98 Å². The predicted octanol–water partition coefficient (Wildman–Crippen LogP) is 3.55. The monoisotopic (exact) mass is 314 g/mol. The van der Waals surface area contributed by atoms with Gasteiger partial charge in [0, 0.05) is 23.5 Å². The van der Waals surface area contributed by atoms with E-state index in [2.05, 4.69) is 26.2 Å². The first-order valence-corrected chi connectivity index (χ1v) is 6.88. The highest BCUT2D eigenvalue weighted by molar-refractivity contribution is 9.10. The van der Waals surface area contributed by atoms with Gasteiger partial charge >= 0.3 is 0 Å². The average Bonchev–Trinajstić information content (AvgIpc) is 2.83. The van der Waals surface area contributed by atoms with E-state index in [0.717, 1.165) is 12.0 Å². The van der Waals surface area contributed by atoms with E-state index in [9.17, 15) is 4.39 Å². The quantitative estimate of drug-likeness (QED) is 0.933. The summed E-state index contributed by atoms with van der Waals surface area (Å²) >= 11 is 4.91. The number of thiazole rings is 1. The highest BCUT2D eigenvalue weighted by Gasteiger charge is 2.16. The number of aromatic nitrogens is 1. The lowest BCUT2D eigenvalue weighted by molar-refractivity contribution is 0.574. The van der Waals surface area contributed by atoms with Crippen molar-refractivity contribution < 1.29 is 4.39 Å². The Kier molecular flexibility index (Phi) is 4.25. The van der Waals surface area contributed by atoms with Gasteiger partial charge in [0.25, 0.3) is 0 Å². The van der Waals surface area contributed by atoms with E-state index >= 15 is 0 Å². The molecule has 0 aliphatic heterocycles. The van der Waals surface area contributed by atoms with E-state index in [0.29, 0.717) is 4.47 Å². The van der Waals surface area contributed by atoms with Crippen LogP contribution in [-0.2, 0) is 6.42 Å². The van der Waals surface area contributed by atoms with Gasteiger partial charge < -0.3 is 5.32 Å². The van der Waals surface area contributed by atoms with E-state index in [1.54, 1.807) is 17.4 Å². The second-order valence-corrected chi connectivity index (χ2v) is 5.42. The minimum atomic E-state index is -0.230. The van der Waals surface area contributed by atoms with Crippen LogP contribution in [0.25, 0.3) is 0 Å². The Morgan fingerprint density at radius 3 is 3.00 bits per heavy atom. The topological polar surface area (TPSA) is 24.9 Å². The highest BCUT2D eigenvalue weighted by atomic mass is 79.9. The van der Waals surface area contributed by atoms with Crippen molar-refractivity contribution in [2.45, 2.75) is 12.5 Å². The zero-order valence-electron chi connectivity index (χ0n) is 9.28. The first-order chi connectivity index (χ1) is 8.22. The molecule has 90 valence electrons. The van der Waals surface area contributed by atoms with Gasteiger partial charge in [-0.3, -0.25) is 4.98 Å². The molecule has 0 saturated carbocycles. The van der Waals surface area contributed by atoms with E-state index in [4.69, 9.17) is 0 Å². The summed E-state index contributed by atoms with van der Waals surface area (Å²) < 4.78 is 14.0. The van der Waals surface area contributed by atoms with Crippen molar-refractivity contribution in [2.24, 2.45) is 0 Å². The van der Waals surface area contributed by atoms with Crippen LogP contribution in [-0.4, -0.2) is 12.0 Å². The van der Waals surface area contributed by atoms with Crippen molar-refractivity contribution in [1.82, 2.24) is 10.3 Å². The van der Waals surface area contributed by atoms with Gasteiger partial charge in [-0.2, -0.15) is 0 Å². The van der Waals surface area contributed by atoms with Crippen molar-refractivity contribution >= 4 is 27.3 Å². The third-order valence-corrected chi connectivity index (χ3v) is 4.23. The number of likely N-dealkylation sites (N-methyl/N-ethyl adjacent to an activating group) is 1. The van der Waals surface area contributed by atoms with Gasteiger partial charge in [0.1, 0.15) is 5.82 Å². The summed E-state index contributed by atoms with van der Waals surface area (Å²) in [6.07, 6.45) is 2.66. The fourth-order valence-electron chi connectivity index (χ4n) is 1.70. The summed E-state index contributed by atoms with van der Waals surface area (Å²) in [5.74, 6) is -0.230. The van der Waals surface area contributed by atoms with Gasteiger partial charge in [-0.05, 0) is 34.6 Å². The predicted molar refractivity (Wildman–Crippen MR) is 71.7 cm³/mol. The molecule has 1 N–H and O–H groups in total. The van der Waals surface area contributed by atoms with Crippen LogP contribution in [0, 0.1) is 5.82 Å². The van der Waals surface area contributed by atoms with Crippen molar-refractivity contribution in [2.75, 3.05) is 7.05 Å². The molecule has 1 heterocycles. The summed E-state index contributed by atoms with van der Waals surface area (Å²) in [4.78, 5) is 5.23. The fraction of sp³-hybridized carbons (Fsp3) is 0.250. The van der Waals surface area contributed by atoms with Gasteiger partial charge in [0.2, 0.25) is 0 Å². The van der Waals surface area contributed by atoms with E-state index < -0.39 is 0 Å². The van der Waals surface area contributed by atoms with Crippen LogP contribution in [0.15, 0.2) is 34.4 Å². The van der Waals surface area contributed by atoms with Crippen molar-refractivity contribution in [3.63, 3.8) is 0 Å². The fourth-order valence-corrected chi connectivity index (χ4v) is 2.88. The Morgan fingerprint density at radius 2 is 2.35 bits per heavy atom. The summed E-state index contributed by atoms with van der Waals surface area (Å²) in [6, 6.07) is 5.19. The van der Waals surface area contributed by atoms with Gasteiger partial charge in [-0.1, -0.05) is 12.1 Å². The summed E-state index contributed by atoms with van der Waals surface area (Å²) in [5.41, 5.74) is 2.74. The molecule has 0 bridgehead atoms. The van der Waals surface area contributed by atoms with Crippen LogP contribution in [0.2, 0.25) is 0 Å². The molecule has 0 saturated heterocycles. The zero-order chi connectivity index (χ0) is 12.3. The number of nitrogens with one attached hydrogen (secondary N) is 1. The van der Waals surface area contributed by atoms with Crippen LogP contribution < -0.4 is 5.32 Å². The Bertz CT molecular complexity index is 487. The Hall–Kier alpha value is -0.780. The Labute approximate surface area is 112 Å². The number of halogens is 2. The maximum atomic E-state index is 13.5. The lowest BCUT2D eigenvalue weighted by Gasteiger charge is -2.17. The minimum Gasteiger partial charge on any atom is -0.313 e. The molecule has 1 aromatic heterocycles. The molecule has 1 aromatic carbocycles. The van der Waals surface area contributed by atoms with Crippen molar-refractivity contribution in [1.29, 1.82) is 0 Å². The molecule has 0 radical (unpaired) electrons. The molecule has 2 nitrogen and oxygen atoms in total. The first kappa shape index (κ1) is 12.7. The normalized spacial score (nSPS) is 12.6. The smallest absolute Gasteiger partial charge is 0.137 e. The number of benzene rings is 1. The van der Waals surface area contributed by atoms with E-state index in [1.807, 2.05) is 24.8 Å². The molecule has 0 aliphatic carbocycles. The summed E-state index contributed by atoms with van der Waals surface area (Å²) in [7, 11) is 1.88. The van der Waals surface area contributed by atoms with Crippen LogP contribution >= 0.6 is 27.3 Å². The number of hydrogen-bond acceptors (Lipinski definition) is 3. The molecule has 0 fully saturated rings. The second kappa shape index (κ2) is 5.71. The molecule has 5 heteroatoms. The molecule has 0 amide bonds. The van der Waals surface area contributed by atoms with Crippen LogP contribution in [0.5, 0.6) is 0 Å². The molecule has 2 aromatic rings. The van der Waals surface area contributed by atoms with Crippen molar-refractivity contribution in [3.05, 3.63) is 50.6 Å². The van der Waals surface area contributed by atoms with Crippen LogP contribution in [0.3, 0.4) is 0 Å². The maximum Gasteiger partial charge on any atom is 0.137 e. The summed E-state index contributed by atoms with van der Waals surface area (Å²) in [6.45, 7) is 0. The molecule has 17 heavy (non-hydrogen) atoms. The molecule has 1 unspecified atom stereocenters. The maximum absolute atomic E-state index is 13.5. The van der Waals surface area contributed by atoms with Gasteiger partial charge in [-0.15, -0.1) is 11.3 Å². The highest BCUT2D eigenvalue weighted by Crippen LogP contribution is 2.28. The average molecular weight is 315 g/mol. The standard InChI is InChI=1S/C12H12BrFN2S/c1-15-11(5-8-6-16-7-17-8)9-3-2-4-10(14)12(9)13/h2-4,6-7,11,15H,5H2,1H3. The van der Waals surface area contributed by atoms with Gasteiger partial charge in [0.15, 0.2) is 0 Å². The Morgan fingerprint density at radius 1 is 1.53 bits per heavy atom. The van der Waals surface area contributed by atoms with Crippen LogP contribution in [0.1, 0.15) is 16.5 Å². The second-order valence-electron chi connectivity index (χ2n) is 3.66. The number of nitrogens with zero attached hydrogens (tertiary/aromatic N) is 1. The van der Waals surface area contributed by atoms with Crippen molar-refractivity contribution in [3.8, 4) is 0 Å². The lowest BCUT2D eigenvalue weighted by Crippen LogP contribution is -2.19. The molecule has 0 spiro atoms. The molecule has 2 rings (SSSR count). The lowest BCUT2D eigenvalue weighted by atomic mass is 10.0. The molecule has 1 atom stereocenters. The SMILES string of the molecule is CNC(Cc1cncs1)c1cccc(F)c1Br. The minimum absolute atomic E-state index is 0.0838. The van der Waals surface area contributed by atoms with Gasteiger partial charge in [-0.25, -0.2) is 4.39 Å². The van der Waals surface area contributed by atoms with E-state index in [-0.39, 0.29) is 11.9 Å². The third-order valence-electron chi connectivity index (χ3n) is 2.59. The van der Waals surface area contributed by atoms with Crippen LogP contribution in [0.4, 0.5) is 4.39 Å². The Balaban J connectivity index is 2.26. The number of rotatable bonds is 4. The molecular weight excluding hydrogens is 303 g/mol. The summed E-state index contributed by atoms with van der Waals surface area (Å²) in [5, 5.41) is 3.21. The molecular formula is C12H12BrFN2S. The number of hydrogen-bond donors (Lipinski definition) is 1. The third kappa shape index (κ3) is 2.91. The van der Waals surface area contributed by atoms with E-state index in [1.165, 1.54) is 10.9 Å².